The number of hydrogen-bond donors (Lipinski definition) is 4. The maximum atomic E-state index is 11.7. The van der Waals surface area contributed by atoms with Gasteiger partial charge in [-0.05, 0) is 5.56 Å². The van der Waals surface area contributed by atoms with Crippen LogP contribution in [-0.4, -0.2) is 47.1 Å². The van der Waals surface area contributed by atoms with Crippen molar-refractivity contribution in [3.63, 3.8) is 0 Å². The molecule has 132 valence electrons. The van der Waals surface area contributed by atoms with Gasteiger partial charge in [0.05, 0.1) is 6.61 Å². The Bertz CT molecular complexity index is 572. The number of hydrogen-bond acceptors (Lipinski definition) is 5. The summed E-state index contributed by atoms with van der Waals surface area (Å²) in [5, 5.41) is 23.8. The summed E-state index contributed by atoms with van der Waals surface area (Å²) in [6.07, 6.45) is -1.57. The molecule has 4 N–H and O–H groups in total. The van der Waals surface area contributed by atoms with Crippen LogP contribution in [0.3, 0.4) is 0 Å². The predicted molar refractivity (Wildman–Crippen MR) is 87.8 cm³/mol. The molecule has 1 unspecified atom stereocenters. The van der Waals surface area contributed by atoms with Gasteiger partial charge in [-0.3, -0.25) is 14.4 Å². The first kappa shape index (κ1) is 19.8. The van der Waals surface area contributed by atoms with E-state index in [1.165, 1.54) is 0 Å². The quantitative estimate of drug-likeness (QED) is 0.465. The van der Waals surface area contributed by atoms with Crippen LogP contribution in [0.4, 0.5) is 0 Å². The molecule has 7 nitrogen and oxygen atoms in total. The molecule has 1 rings (SSSR count). The fraction of sp³-hybridized carbons (Fsp3) is 0.471. The van der Waals surface area contributed by atoms with Crippen molar-refractivity contribution in [1.29, 1.82) is 0 Å². The highest BCUT2D eigenvalue weighted by Crippen LogP contribution is 2.19. The Balaban J connectivity index is 2.32. The topological polar surface area (TPSA) is 116 Å². The van der Waals surface area contributed by atoms with Gasteiger partial charge >= 0.3 is 0 Å². The molecule has 0 fully saturated rings. The van der Waals surface area contributed by atoms with Crippen LogP contribution in [0.25, 0.3) is 0 Å². The number of benzene rings is 1. The van der Waals surface area contributed by atoms with E-state index in [9.17, 15) is 19.5 Å². The lowest BCUT2D eigenvalue weighted by molar-refractivity contribution is -0.139. The number of carbonyl (C=O) groups excluding carboxylic acids is 3. The van der Waals surface area contributed by atoms with Gasteiger partial charge in [-0.2, -0.15) is 0 Å². The smallest absolute Gasteiger partial charge is 0.287 e. The number of aliphatic hydroxyl groups excluding tert-OH is 2. The minimum Gasteiger partial charge on any atom is -0.396 e. The molecule has 0 saturated carbocycles. The summed E-state index contributed by atoms with van der Waals surface area (Å²) in [6, 6.07) is 9.17. The Labute approximate surface area is 141 Å². The lowest BCUT2D eigenvalue weighted by Gasteiger charge is -2.27. The molecule has 0 aliphatic carbocycles. The first-order valence-corrected chi connectivity index (χ1v) is 7.69. The van der Waals surface area contributed by atoms with Crippen molar-refractivity contribution < 1.29 is 24.6 Å². The molecule has 1 aromatic carbocycles. The van der Waals surface area contributed by atoms with E-state index in [2.05, 4.69) is 10.6 Å². The second kappa shape index (κ2) is 9.14. The van der Waals surface area contributed by atoms with E-state index in [-0.39, 0.29) is 26.1 Å². The van der Waals surface area contributed by atoms with E-state index in [1.54, 1.807) is 13.8 Å². The van der Waals surface area contributed by atoms with Gasteiger partial charge in [0, 0.05) is 24.9 Å². The van der Waals surface area contributed by atoms with E-state index in [0.717, 1.165) is 5.56 Å². The molecular formula is C17H24N2O5. The summed E-state index contributed by atoms with van der Waals surface area (Å²) in [7, 11) is 0. The molecule has 0 bridgehead atoms. The van der Waals surface area contributed by atoms with Crippen molar-refractivity contribution >= 4 is 17.6 Å². The summed E-state index contributed by atoms with van der Waals surface area (Å²) in [4.78, 5) is 35.1. The third-order valence-electron chi connectivity index (χ3n) is 3.60. The van der Waals surface area contributed by atoms with E-state index >= 15 is 0 Å². The monoisotopic (exact) mass is 336 g/mol. The molecule has 2 amide bonds. The molecule has 24 heavy (non-hydrogen) atoms. The highest BCUT2D eigenvalue weighted by atomic mass is 16.3. The van der Waals surface area contributed by atoms with Gasteiger partial charge in [0.1, 0.15) is 6.10 Å². The maximum Gasteiger partial charge on any atom is 0.287 e. The molecule has 1 atom stereocenters. The van der Waals surface area contributed by atoms with Crippen LogP contribution in [0.15, 0.2) is 30.3 Å². The molecule has 0 spiro atoms. The first-order valence-electron chi connectivity index (χ1n) is 7.69. The van der Waals surface area contributed by atoms with Crippen molar-refractivity contribution in [2.24, 2.45) is 5.41 Å². The number of amides is 2. The number of nitrogens with one attached hydrogen (secondary N) is 2. The standard InChI is InChI=1S/C17H24N2O5/c1-17(2,11-20)14(22)16(24)18-9-8-13(21)15(23)19-10-12-6-4-3-5-7-12/h3-7,14,20,22H,8-11H2,1-2H3,(H,18,24)(H,19,23). The first-order chi connectivity index (χ1) is 11.3. The number of aliphatic hydroxyl groups is 2. The van der Waals surface area contributed by atoms with Gasteiger partial charge in [0.2, 0.25) is 11.7 Å². The molecule has 0 aromatic heterocycles. The molecular weight excluding hydrogens is 312 g/mol. The second-order valence-corrected chi connectivity index (χ2v) is 6.18. The van der Waals surface area contributed by atoms with Crippen LogP contribution < -0.4 is 10.6 Å². The molecule has 7 heteroatoms. The number of ketones is 1. The van der Waals surface area contributed by atoms with Crippen LogP contribution in [-0.2, 0) is 20.9 Å². The van der Waals surface area contributed by atoms with Crippen molar-refractivity contribution in [2.45, 2.75) is 32.9 Å². The highest BCUT2D eigenvalue weighted by molar-refractivity contribution is 6.36. The zero-order valence-corrected chi connectivity index (χ0v) is 13.9. The van der Waals surface area contributed by atoms with E-state index in [1.807, 2.05) is 30.3 Å². The zero-order valence-electron chi connectivity index (χ0n) is 13.9. The maximum absolute atomic E-state index is 11.7. The van der Waals surface area contributed by atoms with E-state index in [4.69, 9.17) is 5.11 Å². The normalized spacial score (nSPS) is 12.3. The Morgan fingerprint density at radius 2 is 1.75 bits per heavy atom. The average molecular weight is 336 g/mol. The largest absolute Gasteiger partial charge is 0.396 e. The van der Waals surface area contributed by atoms with E-state index in [0.29, 0.717) is 0 Å². The summed E-state index contributed by atoms with van der Waals surface area (Å²) in [5.41, 5.74) is -0.109. The van der Waals surface area contributed by atoms with Gasteiger partial charge < -0.3 is 20.8 Å². The molecule has 0 heterocycles. The van der Waals surface area contributed by atoms with Gasteiger partial charge in [-0.15, -0.1) is 0 Å². The van der Waals surface area contributed by atoms with Gasteiger partial charge in [0.25, 0.3) is 5.91 Å². The van der Waals surface area contributed by atoms with Crippen LogP contribution in [0.2, 0.25) is 0 Å². The van der Waals surface area contributed by atoms with Gasteiger partial charge in [-0.1, -0.05) is 44.2 Å². The Morgan fingerprint density at radius 3 is 2.33 bits per heavy atom. The predicted octanol–water partition coefficient (Wildman–Crippen LogP) is -0.242. The summed E-state index contributed by atoms with van der Waals surface area (Å²) in [6.45, 7) is 2.91. The molecule has 1 aromatic rings. The van der Waals surface area contributed by atoms with Crippen molar-refractivity contribution in [2.75, 3.05) is 13.2 Å². The number of carbonyl (C=O) groups is 3. The highest BCUT2D eigenvalue weighted by Gasteiger charge is 2.32. The van der Waals surface area contributed by atoms with Gasteiger partial charge in [-0.25, -0.2) is 0 Å². The lowest BCUT2D eigenvalue weighted by Crippen LogP contribution is -2.46. The molecule has 0 radical (unpaired) electrons. The summed E-state index contributed by atoms with van der Waals surface area (Å²) < 4.78 is 0. The average Bonchev–Trinajstić information content (AvgIpc) is 2.59. The third kappa shape index (κ3) is 6.10. The zero-order chi connectivity index (χ0) is 18.2. The van der Waals surface area contributed by atoms with Gasteiger partial charge in [0.15, 0.2) is 0 Å². The van der Waals surface area contributed by atoms with Crippen LogP contribution in [0.1, 0.15) is 25.8 Å². The Kier molecular flexibility index (Phi) is 7.54. The fourth-order valence-corrected chi connectivity index (χ4v) is 1.83. The molecule has 0 aliphatic heterocycles. The van der Waals surface area contributed by atoms with Crippen LogP contribution in [0, 0.1) is 5.41 Å². The Hall–Kier alpha value is -2.25. The Morgan fingerprint density at radius 1 is 1.12 bits per heavy atom. The molecule has 0 saturated heterocycles. The third-order valence-corrected chi connectivity index (χ3v) is 3.60. The SMILES string of the molecule is CC(C)(CO)C(O)C(=O)NCCC(=O)C(=O)NCc1ccccc1. The number of Topliss-reactive ketones (excluding diaryl/α,β-unsaturated/α-hetero) is 1. The van der Waals surface area contributed by atoms with Crippen LogP contribution >= 0.6 is 0 Å². The minimum atomic E-state index is -1.40. The summed E-state index contributed by atoms with van der Waals surface area (Å²) in [5.74, 6) is -2.06. The van der Waals surface area contributed by atoms with Crippen LogP contribution in [0.5, 0.6) is 0 Å². The summed E-state index contributed by atoms with van der Waals surface area (Å²) >= 11 is 0. The molecule has 0 aliphatic rings. The van der Waals surface area contributed by atoms with Crippen molar-refractivity contribution in [3.8, 4) is 0 Å². The second-order valence-electron chi connectivity index (χ2n) is 6.18. The van der Waals surface area contributed by atoms with Crippen molar-refractivity contribution in [3.05, 3.63) is 35.9 Å². The van der Waals surface area contributed by atoms with E-state index < -0.39 is 29.1 Å². The fourth-order valence-electron chi connectivity index (χ4n) is 1.83. The van der Waals surface area contributed by atoms with Crippen molar-refractivity contribution in [1.82, 2.24) is 10.6 Å². The minimum absolute atomic E-state index is 0.0605. The number of rotatable bonds is 9. The lowest BCUT2D eigenvalue weighted by atomic mass is 9.87.